The monoisotopic (exact) mass is 445 g/mol. The lowest BCUT2D eigenvalue weighted by Crippen LogP contribution is -2.62. The molecule has 2 aliphatic heterocycles. The Morgan fingerprint density at radius 3 is 2.48 bits per heavy atom. The Morgan fingerprint density at radius 1 is 1.24 bits per heavy atom. The Hall–Kier alpha value is -1.29. The van der Waals surface area contributed by atoms with E-state index in [1.54, 1.807) is 11.8 Å². The second-order valence-corrected chi connectivity index (χ2v) is 12.4. The number of carbonyl (C=O) groups is 3. The highest BCUT2D eigenvalue weighted by molar-refractivity contribution is 7.98. The first-order valence-electron chi connectivity index (χ1n) is 10.3. The van der Waals surface area contributed by atoms with E-state index < -0.39 is 37.9 Å². The molecule has 1 saturated carbocycles. The number of fused-ring (bicyclic) bond motifs is 1. The number of rotatable bonds is 7. The third-order valence-electron chi connectivity index (χ3n) is 6.42. The lowest BCUT2D eigenvalue weighted by molar-refractivity contribution is -0.150. The number of amides is 3. The average Bonchev–Trinajstić information content (AvgIpc) is 2.79. The van der Waals surface area contributed by atoms with Crippen LogP contribution in [0.5, 0.6) is 0 Å². The van der Waals surface area contributed by atoms with Gasteiger partial charge in [0.2, 0.25) is 17.7 Å². The highest BCUT2D eigenvalue weighted by Gasteiger charge is 2.67. The first kappa shape index (κ1) is 22.4. The molecule has 0 aromatic heterocycles. The van der Waals surface area contributed by atoms with Gasteiger partial charge in [0.05, 0.1) is 11.2 Å². The van der Waals surface area contributed by atoms with Gasteiger partial charge in [0, 0.05) is 6.04 Å². The van der Waals surface area contributed by atoms with Gasteiger partial charge in [0.1, 0.15) is 17.5 Å². The third kappa shape index (κ3) is 4.02. The zero-order chi connectivity index (χ0) is 21.4. The largest absolute Gasteiger partial charge is 0.352 e. The highest BCUT2D eigenvalue weighted by atomic mass is 32.2. The summed E-state index contributed by atoms with van der Waals surface area (Å²) >= 11 is 1.57. The first-order valence-corrected chi connectivity index (χ1v) is 13.2. The number of hydrogen-bond donors (Lipinski definition) is 2. The molecule has 3 aliphatic rings. The Kier molecular flexibility index (Phi) is 6.53. The fourth-order valence-electron chi connectivity index (χ4n) is 4.56. The van der Waals surface area contributed by atoms with Crippen molar-refractivity contribution in [1.29, 1.82) is 0 Å². The zero-order valence-corrected chi connectivity index (χ0v) is 18.9. The van der Waals surface area contributed by atoms with Crippen molar-refractivity contribution >= 4 is 39.3 Å². The predicted octanol–water partition coefficient (Wildman–Crippen LogP) is 0.807. The summed E-state index contributed by atoms with van der Waals surface area (Å²) in [7, 11) is -3.65. The second-order valence-electron chi connectivity index (χ2n) is 8.70. The maximum absolute atomic E-state index is 13.1. The molecule has 3 amide bonds. The normalized spacial score (nSPS) is 28.9. The molecule has 3 unspecified atom stereocenters. The number of sulfone groups is 1. The minimum absolute atomic E-state index is 0.0758. The minimum Gasteiger partial charge on any atom is -0.352 e. The highest BCUT2D eigenvalue weighted by Crippen LogP contribution is 2.45. The summed E-state index contributed by atoms with van der Waals surface area (Å²) in [5, 5.41) is 4.87. The van der Waals surface area contributed by atoms with Crippen LogP contribution in [0.1, 0.15) is 58.8 Å². The molecule has 0 aromatic rings. The van der Waals surface area contributed by atoms with Gasteiger partial charge in [-0.05, 0) is 45.1 Å². The molecule has 1 aliphatic carbocycles. The molecule has 0 bridgehead atoms. The van der Waals surface area contributed by atoms with E-state index >= 15 is 0 Å². The summed E-state index contributed by atoms with van der Waals surface area (Å²) in [6, 6.07) is -1.74. The van der Waals surface area contributed by atoms with Gasteiger partial charge in [0.15, 0.2) is 9.84 Å². The molecular weight excluding hydrogens is 414 g/mol. The summed E-state index contributed by atoms with van der Waals surface area (Å²) in [6.07, 6.45) is 7.51. The molecule has 3 atom stereocenters. The Balaban J connectivity index is 1.73. The number of thioether (sulfide) groups is 1. The molecule has 0 radical (unpaired) electrons. The summed E-state index contributed by atoms with van der Waals surface area (Å²) in [5.41, 5.74) is 0. The summed E-state index contributed by atoms with van der Waals surface area (Å²) in [6.45, 7) is 2.97. The fourth-order valence-corrected chi connectivity index (χ4v) is 7.16. The second kappa shape index (κ2) is 8.45. The van der Waals surface area contributed by atoms with Crippen molar-refractivity contribution in [2.24, 2.45) is 0 Å². The van der Waals surface area contributed by atoms with E-state index in [2.05, 4.69) is 10.6 Å². The van der Waals surface area contributed by atoms with E-state index in [0.29, 0.717) is 12.2 Å². The standard InChI is InChI=1S/C19H31N3O5S2/c1-19(2)16(22-14(23)11-15(22)29(19,26)27)18(25)21-13(9-10-28-3)17(24)20-12-7-5-4-6-8-12/h12-13,15-16H,4-11H2,1-3H3,(H,20,24)(H,21,25). The molecule has 164 valence electrons. The number of carbonyl (C=O) groups excluding carboxylic acids is 3. The average molecular weight is 446 g/mol. The molecule has 29 heavy (non-hydrogen) atoms. The number of nitrogens with zero attached hydrogens (tertiary/aromatic N) is 1. The van der Waals surface area contributed by atoms with Crippen LogP contribution in [-0.2, 0) is 24.2 Å². The fraction of sp³-hybridized carbons (Fsp3) is 0.842. The van der Waals surface area contributed by atoms with Crippen LogP contribution in [0.3, 0.4) is 0 Å². The topological polar surface area (TPSA) is 113 Å². The van der Waals surface area contributed by atoms with Crippen LogP contribution >= 0.6 is 11.8 Å². The molecule has 0 aromatic carbocycles. The maximum Gasteiger partial charge on any atom is 0.245 e. The van der Waals surface area contributed by atoms with Crippen molar-refractivity contribution in [1.82, 2.24) is 15.5 Å². The van der Waals surface area contributed by atoms with Gasteiger partial charge in [0.25, 0.3) is 0 Å². The van der Waals surface area contributed by atoms with Crippen LogP contribution in [0.25, 0.3) is 0 Å². The lowest BCUT2D eigenvalue weighted by atomic mass is 9.95. The van der Waals surface area contributed by atoms with Gasteiger partial charge in [-0.3, -0.25) is 14.4 Å². The Bertz CT molecular complexity index is 777. The van der Waals surface area contributed by atoms with Crippen molar-refractivity contribution in [2.75, 3.05) is 12.0 Å². The molecule has 3 rings (SSSR count). The number of hydrogen-bond acceptors (Lipinski definition) is 6. The van der Waals surface area contributed by atoms with Gasteiger partial charge >= 0.3 is 0 Å². The van der Waals surface area contributed by atoms with E-state index in [0.717, 1.165) is 25.7 Å². The number of β-lactam (4-membered cyclic amide) rings is 1. The maximum atomic E-state index is 13.1. The molecule has 2 heterocycles. The molecule has 3 fully saturated rings. The third-order valence-corrected chi connectivity index (χ3v) is 9.86. The van der Waals surface area contributed by atoms with Crippen LogP contribution < -0.4 is 10.6 Å². The molecule has 10 heteroatoms. The summed E-state index contributed by atoms with van der Waals surface area (Å²) in [4.78, 5) is 39.2. The first-order chi connectivity index (χ1) is 13.6. The summed E-state index contributed by atoms with van der Waals surface area (Å²) in [5.74, 6) is -0.458. The van der Waals surface area contributed by atoms with Gasteiger partial charge in [-0.2, -0.15) is 11.8 Å². The SMILES string of the molecule is CSCCC(NC(=O)C1N2C(=O)CC2S(=O)(=O)C1(C)C)C(=O)NC1CCCCC1. The zero-order valence-electron chi connectivity index (χ0n) is 17.3. The molecular formula is C19H31N3O5S2. The Morgan fingerprint density at radius 2 is 1.90 bits per heavy atom. The van der Waals surface area contributed by atoms with Crippen LogP contribution in [0.2, 0.25) is 0 Å². The van der Waals surface area contributed by atoms with Gasteiger partial charge < -0.3 is 15.5 Å². The van der Waals surface area contributed by atoms with E-state index in [4.69, 9.17) is 0 Å². The quantitative estimate of drug-likeness (QED) is 0.561. The van der Waals surface area contributed by atoms with Crippen LogP contribution in [-0.4, -0.2) is 71.3 Å². The van der Waals surface area contributed by atoms with E-state index in [1.807, 2.05) is 6.26 Å². The molecule has 8 nitrogen and oxygen atoms in total. The lowest BCUT2D eigenvalue weighted by Gasteiger charge is -2.37. The van der Waals surface area contributed by atoms with Crippen molar-refractivity contribution in [3.63, 3.8) is 0 Å². The minimum atomic E-state index is -3.65. The molecule has 2 saturated heterocycles. The smallest absolute Gasteiger partial charge is 0.245 e. The van der Waals surface area contributed by atoms with E-state index in [-0.39, 0.29) is 24.3 Å². The van der Waals surface area contributed by atoms with Crippen LogP contribution in [0.15, 0.2) is 0 Å². The van der Waals surface area contributed by atoms with Crippen LogP contribution in [0, 0.1) is 0 Å². The summed E-state index contributed by atoms with van der Waals surface area (Å²) < 4.78 is 24.1. The van der Waals surface area contributed by atoms with Gasteiger partial charge in [-0.15, -0.1) is 0 Å². The van der Waals surface area contributed by atoms with Gasteiger partial charge in [-0.25, -0.2) is 8.42 Å². The van der Waals surface area contributed by atoms with E-state index in [1.165, 1.54) is 25.2 Å². The Labute approximate surface area is 176 Å². The van der Waals surface area contributed by atoms with Crippen molar-refractivity contribution < 1.29 is 22.8 Å². The van der Waals surface area contributed by atoms with Crippen molar-refractivity contribution in [2.45, 2.75) is 87.0 Å². The van der Waals surface area contributed by atoms with E-state index in [9.17, 15) is 22.8 Å². The molecule has 2 N–H and O–H groups in total. The van der Waals surface area contributed by atoms with Crippen molar-refractivity contribution in [3.05, 3.63) is 0 Å². The molecule has 0 spiro atoms. The van der Waals surface area contributed by atoms with Crippen LogP contribution in [0.4, 0.5) is 0 Å². The van der Waals surface area contributed by atoms with Crippen molar-refractivity contribution in [3.8, 4) is 0 Å². The number of nitrogens with one attached hydrogen (secondary N) is 2. The van der Waals surface area contributed by atoms with Gasteiger partial charge in [-0.1, -0.05) is 19.3 Å². The predicted molar refractivity (Wildman–Crippen MR) is 112 cm³/mol.